The topological polar surface area (TPSA) is 51.9 Å². The maximum absolute atomic E-state index is 14.1. The fourth-order valence-corrected chi connectivity index (χ4v) is 4.18. The summed E-state index contributed by atoms with van der Waals surface area (Å²) in [4.78, 5) is 15.2. The first-order chi connectivity index (χ1) is 16.7. The van der Waals surface area contributed by atoms with Gasteiger partial charge in [0.05, 0.1) is 23.6 Å². The van der Waals surface area contributed by atoms with Crippen LogP contribution in [0.5, 0.6) is 11.5 Å². The minimum absolute atomic E-state index is 0.0230. The van der Waals surface area contributed by atoms with Gasteiger partial charge in [-0.2, -0.15) is 13.2 Å². The van der Waals surface area contributed by atoms with Gasteiger partial charge in [-0.3, -0.25) is 9.69 Å². The van der Waals surface area contributed by atoms with E-state index in [-0.39, 0.29) is 35.6 Å². The van der Waals surface area contributed by atoms with Gasteiger partial charge in [-0.1, -0.05) is 24.3 Å². The third-order valence-electron chi connectivity index (χ3n) is 5.86. The fourth-order valence-electron chi connectivity index (χ4n) is 4.18. The van der Waals surface area contributed by atoms with Gasteiger partial charge >= 0.3 is 6.18 Å². The van der Waals surface area contributed by atoms with Crippen LogP contribution in [0.2, 0.25) is 0 Å². The van der Waals surface area contributed by atoms with E-state index in [0.29, 0.717) is 23.6 Å². The van der Waals surface area contributed by atoms with Crippen LogP contribution in [-0.4, -0.2) is 18.7 Å². The van der Waals surface area contributed by atoms with Crippen LogP contribution >= 0.6 is 0 Å². The summed E-state index contributed by atoms with van der Waals surface area (Å²) in [7, 11) is 1.44. The molecule has 4 aromatic rings. The average Bonchev–Trinajstić information content (AvgIpc) is 2.85. The van der Waals surface area contributed by atoms with Gasteiger partial charge in [-0.05, 0) is 47.5 Å². The molecular weight excluding hydrogens is 466 g/mol. The molecule has 1 aliphatic heterocycles. The molecule has 1 aliphatic rings. The Bertz CT molecular complexity index is 1440. The molecule has 9 heteroatoms. The van der Waals surface area contributed by atoms with E-state index in [4.69, 9.17) is 13.9 Å². The Morgan fingerprint density at radius 2 is 1.71 bits per heavy atom. The van der Waals surface area contributed by atoms with Crippen molar-refractivity contribution in [3.8, 4) is 22.6 Å². The van der Waals surface area contributed by atoms with Crippen LogP contribution in [0.25, 0.3) is 22.1 Å². The highest BCUT2D eigenvalue weighted by atomic mass is 19.4. The van der Waals surface area contributed by atoms with E-state index in [2.05, 4.69) is 0 Å². The van der Waals surface area contributed by atoms with Gasteiger partial charge < -0.3 is 13.9 Å². The van der Waals surface area contributed by atoms with Gasteiger partial charge in [0.15, 0.2) is 0 Å². The smallest absolute Gasteiger partial charge is 0.450 e. The van der Waals surface area contributed by atoms with E-state index < -0.39 is 22.9 Å². The maximum atomic E-state index is 14.1. The third kappa shape index (κ3) is 4.35. The largest absolute Gasteiger partial charge is 0.497 e. The summed E-state index contributed by atoms with van der Waals surface area (Å²) in [6, 6.07) is 14.6. The summed E-state index contributed by atoms with van der Waals surface area (Å²) < 4.78 is 71.7. The van der Waals surface area contributed by atoms with Gasteiger partial charge in [0.2, 0.25) is 11.2 Å². The number of benzene rings is 3. The highest BCUT2D eigenvalue weighted by Crippen LogP contribution is 2.40. The zero-order chi connectivity index (χ0) is 24.7. The summed E-state index contributed by atoms with van der Waals surface area (Å²) in [5.74, 6) is -0.945. The normalized spacial score (nSPS) is 14.0. The molecule has 0 radical (unpaired) electrons. The molecule has 2 heterocycles. The molecule has 5 rings (SSSR count). The number of fused-ring (bicyclic) bond motifs is 3. The summed E-state index contributed by atoms with van der Waals surface area (Å²) in [6.07, 6.45) is -4.91. The van der Waals surface area contributed by atoms with E-state index in [1.165, 1.54) is 49.6 Å². The number of halogens is 4. The molecule has 3 aromatic carbocycles. The van der Waals surface area contributed by atoms with Gasteiger partial charge in [0.25, 0.3) is 0 Å². The molecule has 0 bridgehead atoms. The molecule has 35 heavy (non-hydrogen) atoms. The lowest BCUT2D eigenvalue weighted by atomic mass is 9.99. The summed E-state index contributed by atoms with van der Waals surface area (Å²) >= 11 is 0. The molecule has 1 aromatic heterocycles. The van der Waals surface area contributed by atoms with Crippen LogP contribution in [0.1, 0.15) is 16.9 Å². The van der Waals surface area contributed by atoms with Crippen molar-refractivity contribution in [2.45, 2.75) is 19.3 Å². The Labute approximate surface area is 197 Å². The minimum Gasteiger partial charge on any atom is -0.497 e. The van der Waals surface area contributed by atoms with E-state index in [9.17, 15) is 22.4 Å². The predicted molar refractivity (Wildman–Crippen MR) is 121 cm³/mol. The highest BCUT2D eigenvalue weighted by Gasteiger charge is 2.40. The lowest BCUT2D eigenvalue weighted by Crippen LogP contribution is -2.32. The maximum Gasteiger partial charge on any atom is 0.450 e. The zero-order valence-corrected chi connectivity index (χ0v) is 18.5. The standard InChI is InChI=1S/C26H19F4NO4/c1-33-18-8-4-16(5-9-18)22-23(32)19-10-11-21-20(24(19)35-25(22)26(28,29)30)13-31(14-34-21)12-15-2-6-17(27)7-3-15/h2-11H,12-14H2,1H3. The molecule has 0 saturated heterocycles. The van der Waals surface area contributed by atoms with Crippen LogP contribution in [0.3, 0.4) is 0 Å². The van der Waals surface area contributed by atoms with Crippen molar-refractivity contribution in [3.63, 3.8) is 0 Å². The van der Waals surface area contributed by atoms with Crippen LogP contribution in [-0.2, 0) is 19.3 Å². The quantitative estimate of drug-likeness (QED) is 0.333. The second-order valence-electron chi connectivity index (χ2n) is 8.17. The summed E-state index contributed by atoms with van der Waals surface area (Å²) in [6.45, 7) is 0.735. The van der Waals surface area contributed by atoms with Crippen molar-refractivity contribution in [3.05, 3.63) is 93.6 Å². The van der Waals surface area contributed by atoms with Crippen LogP contribution in [0, 0.1) is 5.82 Å². The lowest BCUT2D eigenvalue weighted by molar-refractivity contribution is -0.152. The molecule has 0 atom stereocenters. The molecule has 0 aliphatic carbocycles. The highest BCUT2D eigenvalue weighted by molar-refractivity contribution is 5.87. The average molecular weight is 485 g/mol. The minimum atomic E-state index is -4.91. The predicted octanol–water partition coefficient (Wildman–Crippen LogP) is 5.98. The van der Waals surface area contributed by atoms with E-state index in [0.717, 1.165) is 5.56 Å². The van der Waals surface area contributed by atoms with Crippen molar-refractivity contribution in [2.24, 2.45) is 0 Å². The first-order valence-electron chi connectivity index (χ1n) is 10.7. The molecule has 5 nitrogen and oxygen atoms in total. The van der Waals surface area contributed by atoms with Gasteiger partial charge in [0.1, 0.15) is 29.6 Å². The number of rotatable bonds is 4. The molecule has 180 valence electrons. The Morgan fingerprint density at radius 1 is 1.00 bits per heavy atom. The second kappa shape index (κ2) is 8.74. The summed E-state index contributed by atoms with van der Waals surface area (Å²) in [5, 5.41) is 0.0230. The van der Waals surface area contributed by atoms with Gasteiger partial charge in [0, 0.05) is 13.1 Å². The molecule has 0 N–H and O–H groups in total. The SMILES string of the molecule is COc1ccc(-c2c(C(F)(F)F)oc3c4c(ccc3c2=O)OCN(Cc2ccc(F)cc2)C4)cc1. The number of methoxy groups -OCH3 is 1. The monoisotopic (exact) mass is 485 g/mol. The van der Waals surface area contributed by atoms with Crippen LogP contribution in [0.15, 0.2) is 69.9 Å². The summed E-state index contributed by atoms with van der Waals surface area (Å²) in [5.41, 5.74) is -0.297. The van der Waals surface area contributed by atoms with Crippen LogP contribution < -0.4 is 14.9 Å². The number of nitrogens with zero attached hydrogens (tertiary/aromatic N) is 1. The number of alkyl halides is 3. The van der Waals surface area contributed by atoms with E-state index in [1.54, 1.807) is 18.2 Å². The van der Waals surface area contributed by atoms with Gasteiger partial charge in [-0.25, -0.2) is 4.39 Å². The molecule has 0 spiro atoms. The third-order valence-corrected chi connectivity index (χ3v) is 5.86. The second-order valence-corrected chi connectivity index (χ2v) is 8.17. The van der Waals surface area contributed by atoms with Crippen molar-refractivity contribution in [2.75, 3.05) is 13.8 Å². The Balaban J connectivity index is 1.62. The van der Waals surface area contributed by atoms with Crippen molar-refractivity contribution < 1.29 is 31.5 Å². The lowest BCUT2D eigenvalue weighted by Gasteiger charge is -2.29. The first-order valence-corrected chi connectivity index (χ1v) is 10.7. The van der Waals surface area contributed by atoms with E-state index >= 15 is 0 Å². The van der Waals surface area contributed by atoms with E-state index in [1.807, 2.05) is 4.90 Å². The van der Waals surface area contributed by atoms with Crippen molar-refractivity contribution in [1.82, 2.24) is 4.90 Å². The van der Waals surface area contributed by atoms with Gasteiger partial charge in [-0.15, -0.1) is 0 Å². The van der Waals surface area contributed by atoms with Crippen molar-refractivity contribution >= 4 is 11.0 Å². The molecule has 0 saturated carbocycles. The molecule has 0 unspecified atom stereocenters. The Morgan fingerprint density at radius 3 is 2.37 bits per heavy atom. The number of ether oxygens (including phenoxy) is 2. The Hall–Kier alpha value is -3.85. The zero-order valence-electron chi connectivity index (χ0n) is 18.5. The van der Waals surface area contributed by atoms with Crippen molar-refractivity contribution in [1.29, 1.82) is 0 Å². The Kier molecular flexibility index (Phi) is 5.72. The fraction of sp³-hybridized carbons (Fsp3) is 0.192. The molecule has 0 fully saturated rings. The number of hydrogen-bond donors (Lipinski definition) is 0. The molecular formula is C26H19F4NO4. The van der Waals surface area contributed by atoms with Crippen LogP contribution in [0.4, 0.5) is 17.6 Å². The first kappa shape index (κ1) is 22.9. The molecule has 0 amide bonds. The number of hydrogen-bond acceptors (Lipinski definition) is 5.